The molecule has 4 heteroatoms. The number of Topliss-reactive ketones (excluding diaryl/α,β-unsaturated/α-hetero) is 1. The number of hydrogen-bond acceptors (Lipinski definition) is 2. The third-order valence-corrected chi connectivity index (χ3v) is 2.33. The number of carbonyl (C=O) groups excluding carboxylic acids is 1. The number of carboxylic acids is 1. The summed E-state index contributed by atoms with van der Waals surface area (Å²) in [7, 11) is 0. The van der Waals surface area contributed by atoms with Crippen molar-refractivity contribution in [3.8, 4) is 0 Å². The topological polar surface area (TPSA) is 70.2 Å². The summed E-state index contributed by atoms with van der Waals surface area (Å²) >= 11 is 0. The standard InChI is InChI=1S/C9H9NO3/c11-7-3-1-2-5-6(9(12)13)4-10-8(5)7/h4,10H,1-3H2,(H,12,13). The smallest absolute Gasteiger partial charge is 0.337 e. The van der Waals surface area contributed by atoms with Crippen LogP contribution in [0.15, 0.2) is 6.20 Å². The summed E-state index contributed by atoms with van der Waals surface area (Å²) in [6.07, 6.45) is 3.36. The summed E-state index contributed by atoms with van der Waals surface area (Å²) in [5.74, 6) is -0.944. The van der Waals surface area contributed by atoms with Crippen LogP contribution in [-0.4, -0.2) is 21.8 Å². The van der Waals surface area contributed by atoms with Gasteiger partial charge in [0.05, 0.1) is 11.3 Å². The second-order valence-corrected chi connectivity index (χ2v) is 3.14. The number of nitrogens with one attached hydrogen (secondary N) is 1. The van der Waals surface area contributed by atoms with Gasteiger partial charge in [0.2, 0.25) is 0 Å². The molecule has 4 nitrogen and oxygen atoms in total. The maximum atomic E-state index is 11.3. The van der Waals surface area contributed by atoms with Crippen LogP contribution in [0.4, 0.5) is 0 Å². The first kappa shape index (κ1) is 8.04. The molecule has 1 aromatic heterocycles. The Labute approximate surface area is 74.6 Å². The van der Waals surface area contributed by atoms with Crippen LogP contribution in [0.25, 0.3) is 0 Å². The van der Waals surface area contributed by atoms with Crippen molar-refractivity contribution >= 4 is 11.8 Å². The predicted molar refractivity (Wildman–Crippen MR) is 45.0 cm³/mol. The van der Waals surface area contributed by atoms with Gasteiger partial charge in [-0.1, -0.05) is 0 Å². The number of hydrogen-bond donors (Lipinski definition) is 2. The molecular weight excluding hydrogens is 170 g/mol. The Hall–Kier alpha value is -1.58. The maximum absolute atomic E-state index is 11.3. The zero-order chi connectivity index (χ0) is 9.42. The lowest BCUT2D eigenvalue weighted by atomic mass is 9.94. The minimum atomic E-state index is -0.966. The number of fused-ring (bicyclic) bond motifs is 1. The van der Waals surface area contributed by atoms with E-state index in [9.17, 15) is 9.59 Å². The first-order valence-corrected chi connectivity index (χ1v) is 4.17. The molecule has 0 saturated carbocycles. The van der Waals surface area contributed by atoms with E-state index in [-0.39, 0.29) is 11.3 Å². The molecule has 0 aromatic carbocycles. The van der Waals surface area contributed by atoms with Crippen LogP contribution in [-0.2, 0) is 6.42 Å². The predicted octanol–water partition coefficient (Wildman–Crippen LogP) is 1.23. The molecule has 0 unspecified atom stereocenters. The quantitative estimate of drug-likeness (QED) is 0.681. The van der Waals surface area contributed by atoms with E-state index in [0.717, 1.165) is 6.42 Å². The highest BCUT2D eigenvalue weighted by Gasteiger charge is 2.24. The summed E-state index contributed by atoms with van der Waals surface area (Å²) < 4.78 is 0. The van der Waals surface area contributed by atoms with Crippen molar-refractivity contribution in [1.29, 1.82) is 0 Å². The summed E-state index contributed by atoms with van der Waals surface area (Å²) in [6.45, 7) is 0. The molecular formula is C9H9NO3. The van der Waals surface area contributed by atoms with Gasteiger partial charge in [0.25, 0.3) is 0 Å². The van der Waals surface area contributed by atoms with Gasteiger partial charge in [-0.15, -0.1) is 0 Å². The van der Waals surface area contributed by atoms with Gasteiger partial charge in [-0.3, -0.25) is 4.79 Å². The molecule has 1 aliphatic carbocycles. The van der Waals surface area contributed by atoms with E-state index >= 15 is 0 Å². The molecule has 0 spiro atoms. The van der Waals surface area contributed by atoms with Crippen molar-refractivity contribution < 1.29 is 14.7 Å². The van der Waals surface area contributed by atoms with Crippen molar-refractivity contribution in [2.24, 2.45) is 0 Å². The summed E-state index contributed by atoms with van der Waals surface area (Å²) in [6, 6.07) is 0. The third kappa shape index (κ3) is 1.14. The first-order chi connectivity index (χ1) is 6.20. The zero-order valence-electron chi connectivity index (χ0n) is 6.96. The molecule has 0 radical (unpaired) electrons. The van der Waals surface area contributed by atoms with Crippen molar-refractivity contribution in [2.45, 2.75) is 19.3 Å². The summed E-state index contributed by atoms with van der Waals surface area (Å²) in [5.41, 5.74) is 1.40. The van der Waals surface area contributed by atoms with Crippen LogP contribution in [0.3, 0.4) is 0 Å². The lowest BCUT2D eigenvalue weighted by molar-refractivity contribution is 0.0696. The van der Waals surface area contributed by atoms with Crippen LogP contribution < -0.4 is 0 Å². The fourth-order valence-electron chi connectivity index (χ4n) is 1.70. The van der Waals surface area contributed by atoms with Crippen molar-refractivity contribution in [3.63, 3.8) is 0 Å². The van der Waals surface area contributed by atoms with E-state index in [1.807, 2.05) is 0 Å². The van der Waals surface area contributed by atoms with E-state index in [2.05, 4.69) is 4.98 Å². The number of carbonyl (C=O) groups is 2. The van der Waals surface area contributed by atoms with E-state index in [4.69, 9.17) is 5.11 Å². The number of carboxylic acid groups (broad SMARTS) is 1. The Morgan fingerprint density at radius 3 is 2.92 bits per heavy atom. The Morgan fingerprint density at radius 2 is 2.23 bits per heavy atom. The minimum Gasteiger partial charge on any atom is -0.478 e. The molecule has 2 N–H and O–H groups in total. The van der Waals surface area contributed by atoms with E-state index in [1.165, 1.54) is 6.20 Å². The Kier molecular flexibility index (Phi) is 1.69. The first-order valence-electron chi connectivity index (χ1n) is 4.17. The molecule has 1 aliphatic rings. The van der Waals surface area contributed by atoms with Gasteiger partial charge in [-0.05, 0) is 18.4 Å². The zero-order valence-corrected chi connectivity index (χ0v) is 6.96. The maximum Gasteiger partial charge on any atom is 0.337 e. The largest absolute Gasteiger partial charge is 0.478 e. The van der Waals surface area contributed by atoms with Crippen molar-refractivity contribution in [1.82, 2.24) is 4.98 Å². The Morgan fingerprint density at radius 1 is 1.46 bits per heavy atom. The monoisotopic (exact) mass is 179 g/mol. The fraction of sp³-hybridized carbons (Fsp3) is 0.333. The molecule has 1 aromatic rings. The average molecular weight is 179 g/mol. The number of H-pyrrole nitrogens is 1. The van der Waals surface area contributed by atoms with Gasteiger partial charge in [0, 0.05) is 12.6 Å². The number of aromatic nitrogens is 1. The highest BCUT2D eigenvalue weighted by Crippen LogP contribution is 2.23. The van der Waals surface area contributed by atoms with E-state index in [1.54, 1.807) is 0 Å². The van der Waals surface area contributed by atoms with E-state index < -0.39 is 5.97 Å². The van der Waals surface area contributed by atoms with Crippen molar-refractivity contribution in [2.75, 3.05) is 0 Å². The van der Waals surface area contributed by atoms with Crippen LogP contribution in [0.2, 0.25) is 0 Å². The van der Waals surface area contributed by atoms with E-state index in [0.29, 0.717) is 24.1 Å². The summed E-state index contributed by atoms with van der Waals surface area (Å²) in [5, 5.41) is 8.78. The molecule has 68 valence electrons. The minimum absolute atomic E-state index is 0.0220. The molecule has 13 heavy (non-hydrogen) atoms. The van der Waals surface area contributed by atoms with Gasteiger partial charge < -0.3 is 10.1 Å². The molecule has 1 heterocycles. The van der Waals surface area contributed by atoms with Crippen LogP contribution >= 0.6 is 0 Å². The second kappa shape index (κ2) is 2.73. The molecule has 0 aliphatic heterocycles. The molecule has 0 bridgehead atoms. The van der Waals surface area contributed by atoms with Crippen LogP contribution in [0.5, 0.6) is 0 Å². The van der Waals surface area contributed by atoms with Crippen molar-refractivity contribution in [3.05, 3.63) is 23.0 Å². The second-order valence-electron chi connectivity index (χ2n) is 3.14. The highest BCUT2D eigenvalue weighted by atomic mass is 16.4. The molecule has 0 fully saturated rings. The van der Waals surface area contributed by atoms with Gasteiger partial charge in [-0.2, -0.15) is 0 Å². The number of aromatic carboxylic acids is 1. The lowest BCUT2D eigenvalue weighted by Gasteiger charge is -2.09. The SMILES string of the molecule is O=C(O)c1c[nH]c2c1CCCC2=O. The third-order valence-electron chi connectivity index (χ3n) is 2.33. The highest BCUT2D eigenvalue weighted by molar-refractivity contribution is 6.01. The Bertz CT molecular complexity index is 365. The lowest BCUT2D eigenvalue weighted by Crippen LogP contribution is -2.11. The Balaban J connectivity index is 2.53. The molecule has 0 amide bonds. The van der Waals surface area contributed by atoms with Crippen LogP contribution in [0.1, 0.15) is 39.3 Å². The normalized spacial score (nSPS) is 15.5. The number of rotatable bonds is 1. The molecule has 0 atom stereocenters. The van der Waals surface area contributed by atoms with Gasteiger partial charge in [-0.25, -0.2) is 4.79 Å². The molecule has 2 rings (SSSR count). The van der Waals surface area contributed by atoms with Gasteiger partial charge in [0.1, 0.15) is 0 Å². The van der Waals surface area contributed by atoms with Crippen LogP contribution in [0, 0.1) is 0 Å². The number of ketones is 1. The average Bonchev–Trinajstić information content (AvgIpc) is 2.48. The van der Waals surface area contributed by atoms with Gasteiger partial charge in [0.15, 0.2) is 5.78 Å². The molecule has 0 saturated heterocycles. The summed E-state index contributed by atoms with van der Waals surface area (Å²) in [4.78, 5) is 24.7. The fourth-order valence-corrected chi connectivity index (χ4v) is 1.70. The number of aromatic amines is 1. The van der Waals surface area contributed by atoms with Gasteiger partial charge >= 0.3 is 5.97 Å².